The van der Waals surface area contributed by atoms with Crippen LogP contribution in [0.25, 0.3) is 0 Å². The zero-order chi connectivity index (χ0) is 13.1. The van der Waals surface area contributed by atoms with Gasteiger partial charge in [0, 0.05) is 18.8 Å². The fourth-order valence-electron chi connectivity index (χ4n) is 2.56. The highest BCUT2D eigenvalue weighted by Crippen LogP contribution is 2.41. The lowest BCUT2D eigenvalue weighted by Crippen LogP contribution is -2.23. The Labute approximate surface area is 114 Å². The second kappa shape index (κ2) is 5.54. The van der Waals surface area contributed by atoms with Crippen LogP contribution in [-0.2, 0) is 6.54 Å². The number of hydrogen-bond acceptors (Lipinski definition) is 2. The Bertz CT molecular complexity index is 532. The van der Waals surface area contributed by atoms with Gasteiger partial charge >= 0.3 is 0 Å². The lowest BCUT2D eigenvalue weighted by Gasteiger charge is -2.19. The average molecular weight is 252 g/mol. The topological polar surface area (TPSA) is 24.9 Å². The van der Waals surface area contributed by atoms with Crippen LogP contribution >= 0.6 is 0 Å². The molecule has 1 unspecified atom stereocenters. The lowest BCUT2D eigenvalue weighted by molar-refractivity contribution is 0.476. The Morgan fingerprint density at radius 3 is 2.63 bits per heavy atom. The summed E-state index contributed by atoms with van der Waals surface area (Å²) in [6.07, 6.45) is 4.56. The standard InChI is InChI=1S/C17H20N2/c1-13-6-5-11-18-16(13)12-19-17(15-9-10-15)14-7-3-2-4-8-14/h2-8,11,15,17,19H,9-10,12H2,1H3. The molecule has 0 bridgehead atoms. The van der Waals surface area contributed by atoms with Crippen LogP contribution in [0.2, 0.25) is 0 Å². The quantitative estimate of drug-likeness (QED) is 0.879. The summed E-state index contributed by atoms with van der Waals surface area (Å²) < 4.78 is 0. The van der Waals surface area contributed by atoms with E-state index in [2.05, 4.69) is 53.6 Å². The maximum Gasteiger partial charge on any atom is 0.0570 e. The molecule has 1 heterocycles. The molecule has 1 aromatic heterocycles. The molecule has 0 saturated heterocycles. The van der Waals surface area contributed by atoms with E-state index in [4.69, 9.17) is 0 Å². The van der Waals surface area contributed by atoms with Crippen molar-refractivity contribution in [1.82, 2.24) is 10.3 Å². The van der Waals surface area contributed by atoms with E-state index in [1.165, 1.54) is 24.0 Å². The van der Waals surface area contributed by atoms with Crippen molar-refractivity contribution in [2.24, 2.45) is 5.92 Å². The van der Waals surface area contributed by atoms with Gasteiger partial charge in [0.2, 0.25) is 0 Å². The number of pyridine rings is 1. The molecule has 2 heteroatoms. The normalized spacial score (nSPS) is 16.3. The minimum Gasteiger partial charge on any atom is -0.304 e. The molecule has 1 aliphatic carbocycles. The summed E-state index contributed by atoms with van der Waals surface area (Å²) in [5.74, 6) is 0.798. The predicted molar refractivity (Wildman–Crippen MR) is 77.7 cm³/mol. The number of benzene rings is 1. The molecule has 1 saturated carbocycles. The van der Waals surface area contributed by atoms with Crippen LogP contribution in [0.15, 0.2) is 48.7 Å². The smallest absolute Gasteiger partial charge is 0.0570 e. The Kier molecular flexibility index (Phi) is 3.60. The highest BCUT2D eigenvalue weighted by atomic mass is 14.9. The highest BCUT2D eigenvalue weighted by Gasteiger charge is 2.31. The number of nitrogens with one attached hydrogen (secondary N) is 1. The minimum absolute atomic E-state index is 0.475. The van der Waals surface area contributed by atoms with Crippen molar-refractivity contribution in [2.75, 3.05) is 0 Å². The van der Waals surface area contributed by atoms with Crippen molar-refractivity contribution in [3.63, 3.8) is 0 Å². The molecule has 98 valence electrons. The molecular formula is C17H20N2. The highest BCUT2D eigenvalue weighted by molar-refractivity contribution is 5.22. The van der Waals surface area contributed by atoms with Crippen LogP contribution in [0.3, 0.4) is 0 Å². The van der Waals surface area contributed by atoms with Crippen molar-refractivity contribution in [2.45, 2.75) is 32.4 Å². The molecule has 1 aliphatic rings. The van der Waals surface area contributed by atoms with Crippen LogP contribution in [0.1, 0.15) is 35.7 Å². The van der Waals surface area contributed by atoms with E-state index in [1.54, 1.807) is 0 Å². The van der Waals surface area contributed by atoms with Crippen molar-refractivity contribution in [3.8, 4) is 0 Å². The van der Waals surface area contributed by atoms with Gasteiger partial charge in [0.05, 0.1) is 5.69 Å². The van der Waals surface area contributed by atoms with Crippen molar-refractivity contribution >= 4 is 0 Å². The largest absolute Gasteiger partial charge is 0.304 e. The molecule has 0 aliphatic heterocycles. The Morgan fingerprint density at radius 2 is 1.95 bits per heavy atom. The van der Waals surface area contributed by atoms with E-state index in [9.17, 15) is 0 Å². The van der Waals surface area contributed by atoms with Crippen molar-refractivity contribution < 1.29 is 0 Å². The van der Waals surface area contributed by atoms with E-state index >= 15 is 0 Å². The molecule has 19 heavy (non-hydrogen) atoms. The van der Waals surface area contributed by atoms with Gasteiger partial charge in [0.25, 0.3) is 0 Å². The monoisotopic (exact) mass is 252 g/mol. The molecule has 0 radical (unpaired) electrons. The Morgan fingerprint density at radius 1 is 1.16 bits per heavy atom. The van der Waals surface area contributed by atoms with Gasteiger partial charge in [-0.2, -0.15) is 0 Å². The first-order valence-corrected chi connectivity index (χ1v) is 7.03. The average Bonchev–Trinajstić information content (AvgIpc) is 3.27. The molecular weight excluding hydrogens is 232 g/mol. The molecule has 1 fully saturated rings. The van der Waals surface area contributed by atoms with Crippen LogP contribution in [0, 0.1) is 12.8 Å². The summed E-state index contributed by atoms with van der Waals surface area (Å²) in [6.45, 7) is 2.97. The van der Waals surface area contributed by atoms with Gasteiger partial charge in [0.1, 0.15) is 0 Å². The second-order valence-corrected chi connectivity index (χ2v) is 5.37. The number of rotatable bonds is 5. The number of aryl methyl sites for hydroxylation is 1. The van der Waals surface area contributed by atoms with Gasteiger partial charge < -0.3 is 5.32 Å². The fourth-order valence-corrected chi connectivity index (χ4v) is 2.56. The fraction of sp³-hybridized carbons (Fsp3) is 0.353. The lowest BCUT2D eigenvalue weighted by atomic mass is 10.0. The van der Waals surface area contributed by atoms with E-state index in [-0.39, 0.29) is 0 Å². The predicted octanol–water partition coefficient (Wildman–Crippen LogP) is 3.63. The summed E-state index contributed by atoms with van der Waals surface area (Å²) >= 11 is 0. The first-order chi connectivity index (χ1) is 9.34. The van der Waals surface area contributed by atoms with Crippen LogP contribution < -0.4 is 5.32 Å². The maximum atomic E-state index is 4.46. The Hall–Kier alpha value is -1.67. The van der Waals surface area contributed by atoms with E-state index < -0.39 is 0 Å². The zero-order valence-electron chi connectivity index (χ0n) is 11.3. The maximum absolute atomic E-state index is 4.46. The SMILES string of the molecule is Cc1cccnc1CNC(c1ccccc1)C1CC1. The van der Waals surface area contributed by atoms with Crippen molar-refractivity contribution in [1.29, 1.82) is 0 Å². The Balaban J connectivity index is 1.71. The molecule has 1 aromatic carbocycles. The minimum atomic E-state index is 0.475. The van der Waals surface area contributed by atoms with Gasteiger partial charge in [-0.1, -0.05) is 36.4 Å². The summed E-state index contributed by atoms with van der Waals surface area (Å²) in [4.78, 5) is 4.46. The molecule has 3 rings (SSSR count). The van der Waals surface area contributed by atoms with E-state index in [0.29, 0.717) is 6.04 Å². The molecule has 0 spiro atoms. The number of hydrogen-bond donors (Lipinski definition) is 1. The third-order valence-corrected chi connectivity index (χ3v) is 3.86. The third kappa shape index (κ3) is 3.02. The van der Waals surface area contributed by atoms with Gasteiger partial charge in [-0.3, -0.25) is 4.98 Å². The summed E-state index contributed by atoms with van der Waals surface area (Å²) in [5.41, 5.74) is 3.82. The molecule has 0 amide bonds. The van der Waals surface area contributed by atoms with Crippen LogP contribution in [0.4, 0.5) is 0 Å². The van der Waals surface area contributed by atoms with Gasteiger partial charge in [-0.05, 0) is 42.9 Å². The summed E-state index contributed by atoms with van der Waals surface area (Å²) in [6, 6.07) is 15.4. The second-order valence-electron chi connectivity index (χ2n) is 5.37. The van der Waals surface area contributed by atoms with Gasteiger partial charge in [-0.25, -0.2) is 0 Å². The van der Waals surface area contributed by atoms with Gasteiger partial charge in [-0.15, -0.1) is 0 Å². The summed E-state index contributed by atoms with van der Waals surface area (Å²) in [7, 11) is 0. The van der Waals surface area contributed by atoms with E-state index in [0.717, 1.165) is 18.2 Å². The third-order valence-electron chi connectivity index (χ3n) is 3.86. The molecule has 1 N–H and O–H groups in total. The van der Waals surface area contributed by atoms with Crippen LogP contribution in [-0.4, -0.2) is 4.98 Å². The van der Waals surface area contributed by atoms with E-state index in [1.807, 2.05) is 12.3 Å². The number of aromatic nitrogens is 1. The molecule has 2 aromatic rings. The number of nitrogens with zero attached hydrogens (tertiary/aromatic N) is 1. The van der Waals surface area contributed by atoms with Crippen molar-refractivity contribution in [3.05, 3.63) is 65.5 Å². The summed E-state index contributed by atoms with van der Waals surface area (Å²) in [5, 5.41) is 3.69. The molecule has 1 atom stereocenters. The first-order valence-electron chi connectivity index (χ1n) is 7.03. The first kappa shape index (κ1) is 12.4. The molecule has 2 nitrogen and oxygen atoms in total. The van der Waals surface area contributed by atoms with Crippen LogP contribution in [0.5, 0.6) is 0 Å². The zero-order valence-corrected chi connectivity index (χ0v) is 11.3. The van der Waals surface area contributed by atoms with Gasteiger partial charge in [0.15, 0.2) is 0 Å².